The number of thiophene rings is 1. The zero-order chi connectivity index (χ0) is 35.8. The van der Waals surface area contributed by atoms with Crippen molar-refractivity contribution in [2.75, 3.05) is 0 Å². The van der Waals surface area contributed by atoms with E-state index < -0.39 is 0 Å². The lowest BCUT2D eigenvalue weighted by Crippen LogP contribution is -2.03. The van der Waals surface area contributed by atoms with Crippen LogP contribution in [0.5, 0.6) is 0 Å². The van der Waals surface area contributed by atoms with E-state index >= 15 is 0 Å². The number of rotatable bonds is 2. The second kappa shape index (κ2) is 10.8. The smallest absolute Gasteiger partial charge is 0.235 e. The summed E-state index contributed by atoms with van der Waals surface area (Å²) in [5.41, 5.74) is 8.71. The number of aromatic nitrogens is 4. The Morgan fingerprint density at radius 1 is 0.382 bits per heavy atom. The van der Waals surface area contributed by atoms with Crippen LogP contribution >= 0.6 is 11.3 Å². The molecule has 0 saturated heterocycles. The van der Waals surface area contributed by atoms with Crippen molar-refractivity contribution < 1.29 is 0 Å². The van der Waals surface area contributed by atoms with Crippen molar-refractivity contribution in [2.45, 2.75) is 0 Å². The molecule has 5 heteroatoms. The van der Waals surface area contributed by atoms with E-state index in [9.17, 15) is 0 Å². The second-order valence-electron chi connectivity index (χ2n) is 14.5. The molecule has 55 heavy (non-hydrogen) atoms. The first-order chi connectivity index (χ1) is 27.3. The summed E-state index contributed by atoms with van der Waals surface area (Å²) in [6, 6.07) is 61.7. The Bertz CT molecular complexity index is 3780. The molecule has 4 nitrogen and oxygen atoms in total. The van der Waals surface area contributed by atoms with Gasteiger partial charge in [-0.2, -0.15) is 0 Å². The highest BCUT2D eigenvalue weighted by molar-refractivity contribution is 7.26. The van der Waals surface area contributed by atoms with Gasteiger partial charge in [0, 0.05) is 58.1 Å². The Kier molecular flexibility index (Phi) is 5.74. The summed E-state index contributed by atoms with van der Waals surface area (Å²) >= 11 is 1.88. The van der Waals surface area contributed by atoms with Crippen LogP contribution in [0.25, 0.3) is 119 Å². The van der Waals surface area contributed by atoms with Gasteiger partial charge >= 0.3 is 0 Å². The molecule has 0 aliphatic heterocycles. The van der Waals surface area contributed by atoms with E-state index in [4.69, 9.17) is 9.97 Å². The zero-order valence-corrected chi connectivity index (χ0v) is 30.2. The van der Waals surface area contributed by atoms with Crippen molar-refractivity contribution in [3.8, 4) is 17.2 Å². The van der Waals surface area contributed by atoms with Crippen LogP contribution in [0.1, 0.15) is 0 Å². The van der Waals surface area contributed by atoms with Crippen molar-refractivity contribution in [1.82, 2.24) is 18.9 Å². The number of nitrogens with zero attached hydrogens (tertiary/aromatic N) is 4. The average Bonchev–Trinajstić information content (AvgIpc) is 3.91. The van der Waals surface area contributed by atoms with Gasteiger partial charge < -0.3 is 4.40 Å². The molecule has 0 aliphatic rings. The van der Waals surface area contributed by atoms with E-state index in [2.05, 4.69) is 179 Å². The molecule has 13 aromatic rings. The monoisotopic (exact) mass is 716 g/mol. The third kappa shape index (κ3) is 3.89. The molecule has 0 aliphatic carbocycles. The summed E-state index contributed by atoms with van der Waals surface area (Å²) in [5.74, 6) is 0.665. The molecule has 0 bridgehead atoms. The highest BCUT2D eigenvalue weighted by Crippen LogP contribution is 2.45. The van der Waals surface area contributed by atoms with E-state index in [0.29, 0.717) is 5.95 Å². The molecule has 0 N–H and O–H groups in total. The first kappa shape index (κ1) is 29.4. The predicted molar refractivity (Wildman–Crippen MR) is 233 cm³/mol. The Hall–Kier alpha value is -7.08. The fraction of sp³-hybridized carbons (Fsp3) is 0. The molecule has 0 fully saturated rings. The number of benzene rings is 8. The summed E-state index contributed by atoms with van der Waals surface area (Å²) < 4.78 is 7.43. The first-order valence-corrected chi connectivity index (χ1v) is 19.5. The normalized spacial score (nSPS) is 12.4. The van der Waals surface area contributed by atoms with E-state index in [-0.39, 0.29) is 0 Å². The Morgan fingerprint density at radius 2 is 0.964 bits per heavy atom. The Morgan fingerprint density at radius 3 is 1.82 bits per heavy atom. The molecule has 13 rings (SSSR count). The van der Waals surface area contributed by atoms with Gasteiger partial charge in [-0.1, -0.05) is 127 Å². The van der Waals surface area contributed by atoms with Gasteiger partial charge in [-0.05, 0) is 58.6 Å². The number of hydrogen-bond donors (Lipinski definition) is 0. The Balaban J connectivity index is 1.26. The molecule has 0 amide bonds. The standard InChI is InChI=1S/C50H28N4S/c1-2-13-29(14-3-1)48-36-18-6-8-22-39(36)51-50(52-48)54-40-23-9-7-17-32(40)37-27-42-38(28-43(37)54)35-21-10-20-34-31-16-5-4-15-30(31)33-19-11-25-44-46(33)47-41(53(42)49(34)35)24-12-26-45(47)55-44/h1-28H. The van der Waals surface area contributed by atoms with E-state index in [1.807, 2.05) is 11.3 Å². The summed E-state index contributed by atoms with van der Waals surface area (Å²) in [5, 5.41) is 13.5. The van der Waals surface area contributed by atoms with Gasteiger partial charge in [0.15, 0.2) is 0 Å². The van der Waals surface area contributed by atoms with Crippen LogP contribution in [0.2, 0.25) is 0 Å². The molecule has 5 heterocycles. The molecule has 254 valence electrons. The van der Waals surface area contributed by atoms with Crippen LogP contribution in [-0.4, -0.2) is 18.9 Å². The Labute approximate surface area is 317 Å². The lowest BCUT2D eigenvalue weighted by molar-refractivity contribution is 1.01. The summed E-state index contributed by atoms with van der Waals surface area (Å²) in [6.45, 7) is 0. The lowest BCUT2D eigenvalue weighted by atomic mass is 10.0. The summed E-state index contributed by atoms with van der Waals surface area (Å²) in [7, 11) is 0. The molecular weight excluding hydrogens is 689 g/mol. The van der Waals surface area contributed by atoms with Gasteiger partial charge in [0.05, 0.1) is 38.8 Å². The molecule has 0 spiro atoms. The van der Waals surface area contributed by atoms with Crippen molar-refractivity contribution in [3.63, 3.8) is 0 Å². The third-order valence-electron chi connectivity index (χ3n) is 11.7. The largest absolute Gasteiger partial charge is 0.308 e. The first-order valence-electron chi connectivity index (χ1n) is 18.7. The van der Waals surface area contributed by atoms with Crippen molar-refractivity contribution >= 4 is 113 Å². The van der Waals surface area contributed by atoms with Crippen LogP contribution in [0, 0.1) is 0 Å². The maximum absolute atomic E-state index is 5.37. The second-order valence-corrected chi connectivity index (χ2v) is 15.6. The summed E-state index contributed by atoms with van der Waals surface area (Å²) in [4.78, 5) is 10.6. The van der Waals surface area contributed by atoms with Gasteiger partial charge in [0.25, 0.3) is 0 Å². The molecule has 8 aromatic carbocycles. The van der Waals surface area contributed by atoms with E-state index in [1.165, 1.54) is 79.8 Å². The van der Waals surface area contributed by atoms with Crippen LogP contribution in [0.4, 0.5) is 0 Å². The van der Waals surface area contributed by atoms with Gasteiger partial charge in [-0.3, -0.25) is 4.57 Å². The topological polar surface area (TPSA) is 35.1 Å². The molecule has 0 atom stereocenters. The quantitative estimate of drug-likeness (QED) is 0.179. The highest BCUT2D eigenvalue weighted by atomic mass is 32.1. The van der Waals surface area contributed by atoms with Crippen LogP contribution in [0.3, 0.4) is 0 Å². The molecule has 0 saturated carbocycles. The molecule has 0 radical (unpaired) electrons. The highest BCUT2D eigenvalue weighted by Gasteiger charge is 2.22. The maximum atomic E-state index is 5.37. The number of hydrogen-bond acceptors (Lipinski definition) is 3. The van der Waals surface area contributed by atoms with Crippen molar-refractivity contribution in [2.24, 2.45) is 0 Å². The number of fused-ring (bicyclic) bond motifs is 11. The summed E-state index contributed by atoms with van der Waals surface area (Å²) in [6.07, 6.45) is 0. The van der Waals surface area contributed by atoms with Crippen LogP contribution in [-0.2, 0) is 0 Å². The lowest BCUT2D eigenvalue weighted by Gasteiger charge is -2.11. The fourth-order valence-electron chi connectivity index (χ4n) is 9.40. The molecule has 0 unspecified atom stereocenters. The van der Waals surface area contributed by atoms with E-state index in [1.54, 1.807) is 0 Å². The predicted octanol–water partition coefficient (Wildman–Crippen LogP) is 13.6. The van der Waals surface area contributed by atoms with Crippen molar-refractivity contribution in [3.05, 3.63) is 170 Å². The third-order valence-corrected chi connectivity index (χ3v) is 12.8. The number of para-hydroxylation sites is 3. The SMILES string of the molecule is c1ccc(-c2nc(-n3c4ccccc4c4cc5c(cc43)c3cccc4c6ccccc6c6cccc7sc8cccc(c8c76)n5c43)nc3ccccc23)cc1. The van der Waals surface area contributed by atoms with Gasteiger partial charge in [0.2, 0.25) is 5.95 Å². The minimum absolute atomic E-state index is 0.665. The molecule has 5 aromatic heterocycles. The van der Waals surface area contributed by atoms with Crippen molar-refractivity contribution in [1.29, 1.82) is 0 Å². The minimum Gasteiger partial charge on any atom is -0.308 e. The zero-order valence-electron chi connectivity index (χ0n) is 29.4. The van der Waals surface area contributed by atoms with Gasteiger partial charge in [0.1, 0.15) is 0 Å². The van der Waals surface area contributed by atoms with Crippen LogP contribution < -0.4 is 0 Å². The van der Waals surface area contributed by atoms with Gasteiger partial charge in [-0.25, -0.2) is 9.97 Å². The van der Waals surface area contributed by atoms with Crippen LogP contribution in [0.15, 0.2) is 170 Å². The minimum atomic E-state index is 0.665. The maximum Gasteiger partial charge on any atom is 0.235 e. The molecular formula is C50H28N4S. The van der Waals surface area contributed by atoms with Gasteiger partial charge in [-0.15, -0.1) is 11.3 Å². The van der Waals surface area contributed by atoms with E-state index in [0.717, 1.165) is 33.2 Å². The average molecular weight is 717 g/mol. The fourth-order valence-corrected chi connectivity index (χ4v) is 10.6.